The van der Waals surface area contributed by atoms with Crippen molar-refractivity contribution in [3.8, 4) is 0 Å². The Kier molecular flexibility index (Phi) is 8.01. The van der Waals surface area contributed by atoms with Gasteiger partial charge in [0.25, 0.3) is 0 Å². The molecule has 0 saturated heterocycles. The predicted octanol–water partition coefficient (Wildman–Crippen LogP) is -4.19. The van der Waals surface area contributed by atoms with E-state index in [1.54, 1.807) is 13.0 Å². The second kappa shape index (κ2) is 9.02. The summed E-state index contributed by atoms with van der Waals surface area (Å²) in [5, 5.41) is 79.2. The van der Waals surface area contributed by atoms with E-state index in [-0.39, 0.29) is 6.54 Å². The minimum Gasteiger partial charge on any atom is -0.394 e. The Morgan fingerprint density at radius 3 is 2.09 bits per heavy atom. The highest BCUT2D eigenvalue weighted by Gasteiger charge is 2.37. The molecular formula is C14H27NO8. The van der Waals surface area contributed by atoms with Crippen LogP contribution in [0, 0.1) is 0 Å². The highest BCUT2D eigenvalue weighted by molar-refractivity contribution is 5.21. The second-order valence-electron chi connectivity index (χ2n) is 5.75. The van der Waals surface area contributed by atoms with Crippen LogP contribution in [0.2, 0.25) is 0 Å². The molecule has 9 heteroatoms. The van der Waals surface area contributed by atoms with Crippen molar-refractivity contribution in [1.29, 1.82) is 0 Å². The summed E-state index contributed by atoms with van der Waals surface area (Å²) in [5.41, 5.74) is 0.533. The van der Waals surface area contributed by atoms with Crippen LogP contribution in [-0.2, 0) is 0 Å². The van der Waals surface area contributed by atoms with Crippen LogP contribution in [0.5, 0.6) is 0 Å². The lowest BCUT2D eigenvalue weighted by Crippen LogP contribution is -2.56. The Labute approximate surface area is 134 Å². The average Bonchev–Trinajstić information content (AvgIpc) is 2.56. The van der Waals surface area contributed by atoms with E-state index in [1.165, 1.54) is 0 Å². The Balaban J connectivity index is 2.64. The van der Waals surface area contributed by atoms with E-state index in [4.69, 9.17) is 5.11 Å². The minimum absolute atomic E-state index is 0.256. The Morgan fingerprint density at radius 1 is 1.00 bits per heavy atom. The summed E-state index contributed by atoms with van der Waals surface area (Å²) >= 11 is 0. The van der Waals surface area contributed by atoms with Gasteiger partial charge in [0, 0.05) is 6.54 Å². The van der Waals surface area contributed by atoms with E-state index >= 15 is 0 Å². The molecule has 0 aliphatic heterocycles. The monoisotopic (exact) mass is 337 g/mol. The molecule has 0 spiro atoms. The maximum Gasteiger partial charge on any atom is 0.111 e. The SMILES string of the molecule is CCC1=CC(NCC(O)C(O)C(O)C(O)CO)C(O)C(O)C1O. The third-order valence-electron chi connectivity index (χ3n) is 4.11. The van der Waals surface area contributed by atoms with Crippen LogP contribution in [-0.4, -0.2) is 103 Å². The molecule has 0 aromatic heterocycles. The number of aliphatic hydroxyl groups excluding tert-OH is 8. The number of nitrogens with one attached hydrogen (secondary N) is 1. The fraction of sp³-hybridized carbons (Fsp3) is 0.857. The Hall–Kier alpha value is -0.620. The van der Waals surface area contributed by atoms with E-state index in [0.29, 0.717) is 12.0 Å². The maximum atomic E-state index is 9.92. The number of hydrogen-bond donors (Lipinski definition) is 9. The van der Waals surface area contributed by atoms with Crippen molar-refractivity contribution in [3.05, 3.63) is 11.6 Å². The van der Waals surface area contributed by atoms with Gasteiger partial charge in [0.1, 0.15) is 36.6 Å². The molecule has 1 rings (SSSR count). The average molecular weight is 337 g/mol. The van der Waals surface area contributed by atoms with Crippen LogP contribution in [0.15, 0.2) is 11.6 Å². The lowest BCUT2D eigenvalue weighted by atomic mass is 9.86. The summed E-state index contributed by atoms with van der Waals surface area (Å²) in [6.07, 6.45) is -8.36. The van der Waals surface area contributed by atoms with E-state index in [0.717, 1.165) is 0 Å². The molecule has 9 nitrogen and oxygen atoms in total. The molecule has 8 unspecified atom stereocenters. The summed E-state index contributed by atoms with van der Waals surface area (Å²) in [6.45, 7) is 0.753. The molecule has 0 saturated carbocycles. The lowest BCUT2D eigenvalue weighted by Gasteiger charge is -2.36. The summed E-state index contributed by atoms with van der Waals surface area (Å²) in [4.78, 5) is 0. The number of aliphatic hydroxyl groups is 8. The van der Waals surface area contributed by atoms with E-state index in [1.807, 2.05) is 0 Å². The molecule has 23 heavy (non-hydrogen) atoms. The molecule has 0 amide bonds. The summed E-state index contributed by atoms with van der Waals surface area (Å²) in [7, 11) is 0. The molecule has 9 N–H and O–H groups in total. The van der Waals surface area contributed by atoms with Gasteiger partial charge in [-0.05, 0) is 12.0 Å². The summed E-state index contributed by atoms with van der Waals surface area (Å²) in [6, 6.07) is -0.759. The first-order valence-electron chi connectivity index (χ1n) is 7.55. The van der Waals surface area contributed by atoms with Gasteiger partial charge in [-0.2, -0.15) is 0 Å². The van der Waals surface area contributed by atoms with Crippen molar-refractivity contribution in [2.75, 3.05) is 13.2 Å². The highest BCUT2D eigenvalue weighted by Crippen LogP contribution is 2.22. The molecule has 0 aromatic rings. The van der Waals surface area contributed by atoms with Gasteiger partial charge in [-0.1, -0.05) is 13.0 Å². The van der Waals surface area contributed by atoms with Gasteiger partial charge in [0.15, 0.2) is 0 Å². The highest BCUT2D eigenvalue weighted by atomic mass is 16.4. The zero-order valence-corrected chi connectivity index (χ0v) is 12.9. The Morgan fingerprint density at radius 2 is 1.57 bits per heavy atom. The van der Waals surface area contributed by atoms with Gasteiger partial charge in [-0.3, -0.25) is 0 Å². The van der Waals surface area contributed by atoms with Crippen molar-refractivity contribution in [2.24, 2.45) is 0 Å². The number of rotatable bonds is 8. The molecule has 1 aliphatic carbocycles. The van der Waals surface area contributed by atoms with Gasteiger partial charge in [0.05, 0.1) is 18.8 Å². The largest absolute Gasteiger partial charge is 0.394 e. The fourth-order valence-electron chi connectivity index (χ4n) is 2.49. The molecule has 0 aromatic carbocycles. The second-order valence-corrected chi connectivity index (χ2v) is 5.75. The van der Waals surface area contributed by atoms with E-state index in [9.17, 15) is 35.7 Å². The van der Waals surface area contributed by atoms with Gasteiger partial charge in [-0.25, -0.2) is 0 Å². The molecule has 0 fully saturated rings. The molecule has 136 valence electrons. The first-order valence-corrected chi connectivity index (χ1v) is 7.55. The molecular weight excluding hydrogens is 310 g/mol. The zero-order chi connectivity index (χ0) is 17.7. The summed E-state index contributed by atoms with van der Waals surface area (Å²) < 4.78 is 0. The first-order chi connectivity index (χ1) is 10.7. The minimum atomic E-state index is -1.73. The molecule has 0 heterocycles. The molecule has 1 aliphatic rings. The van der Waals surface area contributed by atoms with Crippen LogP contribution in [0.3, 0.4) is 0 Å². The van der Waals surface area contributed by atoms with Crippen molar-refractivity contribution in [3.63, 3.8) is 0 Å². The van der Waals surface area contributed by atoms with E-state index < -0.39 is 55.4 Å². The van der Waals surface area contributed by atoms with Crippen LogP contribution in [0.1, 0.15) is 13.3 Å². The van der Waals surface area contributed by atoms with Crippen molar-refractivity contribution >= 4 is 0 Å². The number of hydrogen-bond acceptors (Lipinski definition) is 9. The fourth-order valence-corrected chi connectivity index (χ4v) is 2.49. The van der Waals surface area contributed by atoms with E-state index in [2.05, 4.69) is 5.32 Å². The smallest absolute Gasteiger partial charge is 0.111 e. The van der Waals surface area contributed by atoms with Crippen LogP contribution < -0.4 is 5.32 Å². The van der Waals surface area contributed by atoms with Crippen LogP contribution in [0.25, 0.3) is 0 Å². The lowest BCUT2D eigenvalue weighted by molar-refractivity contribution is -0.115. The molecule has 8 atom stereocenters. The molecule has 0 radical (unpaired) electrons. The maximum absolute atomic E-state index is 9.92. The van der Waals surface area contributed by atoms with Crippen LogP contribution >= 0.6 is 0 Å². The normalized spacial score (nSPS) is 33.7. The van der Waals surface area contributed by atoms with Gasteiger partial charge in [0.2, 0.25) is 0 Å². The quantitative estimate of drug-likeness (QED) is 0.199. The van der Waals surface area contributed by atoms with Crippen LogP contribution in [0.4, 0.5) is 0 Å². The Bertz CT molecular complexity index is 393. The third-order valence-corrected chi connectivity index (χ3v) is 4.11. The van der Waals surface area contributed by atoms with Gasteiger partial charge < -0.3 is 46.2 Å². The summed E-state index contributed by atoms with van der Waals surface area (Å²) in [5.74, 6) is 0. The van der Waals surface area contributed by atoms with Crippen molar-refractivity contribution in [1.82, 2.24) is 5.32 Å². The predicted molar refractivity (Wildman–Crippen MR) is 79.3 cm³/mol. The topological polar surface area (TPSA) is 174 Å². The van der Waals surface area contributed by atoms with Gasteiger partial charge in [-0.15, -0.1) is 0 Å². The first kappa shape index (κ1) is 20.4. The third kappa shape index (κ3) is 4.92. The van der Waals surface area contributed by atoms with Gasteiger partial charge >= 0.3 is 0 Å². The zero-order valence-electron chi connectivity index (χ0n) is 12.9. The standard InChI is InChI=1S/C14H27NO8/c1-2-6-3-7(11(20)14(23)10(6)19)15-4-8(17)12(21)13(22)9(18)5-16/h3,7-23H,2,4-5H2,1H3. The van der Waals surface area contributed by atoms with Crippen molar-refractivity contribution in [2.45, 2.75) is 62.1 Å². The van der Waals surface area contributed by atoms with Crippen molar-refractivity contribution < 1.29 is 40.9 Å². The molecule has 0 bridgehead atoms.